The third kappa shape index (κ3) is 3.23. The number of hydrogen-bond acceptors (Lipinski definition) is 5. The van der Waals surface area contributed by atoms with E-state index in [0.29, 0.717) is 6.04 Å². The van der Waals surface area contributed by atoms with Crippen LogP contribution in [0.2, 0.25) is 0 Å². The molecular formula is C23H29N5. The smallest absolute Gasteiger partial charge is 0.0898 e. The molecule has 0 amide bonds. The number of fused-ring (bicyclic) bond motifs is 1. The van der Waals surface area contributed by atoms with Gasteiger partial charge in [-0.3, -0.25) is 14.9 Å². The van der Waals surface area contributed by atoms with Crippen LogP contribution in [0.1, 0.15) is 29.3 Å². The van der Waals surface area contributed by atoms with Gasteiger partial charge in [0, 0.05) is 57.6 Å². The molecule has 0 bridgehead atoms. The molecule has 0 N–H and O–H groups in total. The summed E-state index contributed by atoms with van der Waals surface area (Å²) in [6, 6.07) is 11.4. The number of rotatable bonds is 4. The van der Waals surface area contributed by atoms with Crippen molar-refractivity contribution >= 4 is 17.1 Å². The fraction of sp³-hybridized carbons (Fsp3) is 0.478. The molecule has 3 aliphatic heterocycles. The molecule has 1 aromatic carbocycles. The van der Waals surface area contributed by atoms with Crippen molar-refractivity contribution < 1.29 is 0 Å². The molecule has 5 nitrogen and oxygen atoms in total. The lowest BCUT2D eigenvalue weighted by Gasteiger charge is -2.41. The van der Waals surface area contributed by atoms with Crippen molar-refractivity contribution in [2.75, 3.05) is 51.2 Å². The second-order valence-electron chi connectivity index (χ2n) is 8.41. The van der Waals surface area contributed by atoms with Crippen LogP contribution in [0.15, 0.2) is 41.5 Å². The molecule has 2 saturated heterocycles. The van der Waals surface area contributed by atoms with Crippen LogP contribution in [0.4, 0.5) is 11.4 Å². The molecule has 1 atom stereocenters. The number of likely N-dealkylation sites (N-methyl/N-ethyl adjacent to an activating group) is 1. The van der Waals surface area contributed by atoms with Gasteiger partial charge in [0.15, 0.2) is 0 Å². The fourth-order valence-corrected chi connectivity index (χ4v) is 4.68. The lowest BCUT2D eigenvalue weighted by Crippen LogP contribution is -2.44. The van der Waals surface area contributed by atoms with Crippen LogP contribution < -0.4 is 4.90 Å². The number of likely N-dealkylation sites (tertiary alicyclic amines) is 1. The Hall–Kier alpha value is -2.24. The maximum atomic E-state index is 5.12. The second-order valence-corrected chi connectivity index (χ2v) is 8.41. The third-order valence-electron chi connectivity index (χ3n) is 6.49. The van der Waals surface area contributed by atoms with Crippen molar-refractivity contribution in [1.29, 1.82) is 0 Å². The Morgan fingerprint density at radius 1 is 1.04 bits per heavy atom. The summed E-state index contributed by atoms with van der Waals surface area (Å²) < 4.78 is 0. The van der Waals surface area contributed by atoms with Gasteiger partial charge in [-0.1, -0.05) is 18.2 Å². The number of para-hydroxylation sites is 1. The lowest BCUT2D eigenvalue weighted by molar-refractivity contribution is 0.108. The molecule has 146 valence electrons. The summed E-state index contributed by atoms with van der Waals surface area (Å²) in [5.41, 5.74) is 7.76. The lowest BCUT2D eigenvalue weighted by atomic mass is 9.95. The van der Waals surface area contributed by atoms with Crippen LogP contribution in [0, 0.1) is 6.92 Å². The van der Waals surface area contributed by atoms with Gasteiger partial charge in [-0.2, -0.15) is 0 Å². The van der Waals surface area contributed by atoms with E-state index >= 15 is 0 Å². The number of piperazine rings is 1. The van der Waals surface area contributed by atoms with Crippen LogP contribution in [0.5, 0.6) is 0 Å². The second kappa shape index (κ2) is 7.30. The zero-order valence-corrected chi connectivity index (χ0v) is 16.9. The van der Waals surface area contributed by atoms with E-state index in [-0.39, 0.29) is 0 Å². The average molecular weight is 376 g/mol. The molecule has 2 aromatic rings. The summed E-state index contributed by atoms with van der Waals surface area (Å²) in [5.74, 6) is 0. The van der Waals surface area contributed by atoms with Gasteiger partial charge in [0.2, 0.25) is 0 Å². The minimum Gasteiger partial charge on any atom is -0.367 e. The maximum absolute atomic E-state index is 5.12. The standard InChI is InChI=1S/C23H29N5/c1-17-5-4-9-24-22(17)21-8-10-28(21)16-19-15-18-6-3-7-20(23(18)25-19)27-13-11-26(2)12-14-27/h3-7,9,21H,8,10-16H2,1-2H3. The normalized spacial score (nSPS) is 22.7. The molecule has 0 spiro atoms. The number of benzene rings is 1. The SMILES string of the molecule is Cc1cccnc1C1CCN1CC1=Nc2c(cccc2N2CCN(C)CC2)C1. The van der Waals surface area contributed by atoms with Crippen LogP contribution in [0.3, 0.4) is 0 Å². The topological polar surface area (TPSA) is 35.0 Å². The van der Waals surface area contributed by atoms with Crippen molar-refractivity contribution in [3.63, 3.8) is 0 Å². The summed E-state index contributed by atoms with van der Waals surface area (Å²) in [6.07, 6.45) is 4.11. The Balaban J connectivity index is 1.32. The highest BCUT2D eigenvalue weighted by atomic mass is 15.3. The first-order chi connectivity index (χ1) is 13.7. The molecule has 0 radical (unpaired) electrons. The zero-order valence-electron chi connectivity index (χ0n) is 16.9. The maximum Gasteiger partial charge on any atom is 0.0898 e. The van der Waals surface area contributed by atoms with E-state index in [1.165, 1.54) is 40.3 Å². The van der Waals surface area contributed by atoms with Gasteiger partial charge >= 0.3 is 0 Å². The van der Waals surface area contributed by atoms with Crippen LogP contribution in [-0.2, 0) is 6.42 Å². The molecule has 5 heteroatoms. The molecule has 0 aliphatic carbocycles. The molecule has 2 fully saturated rings. The Morgan fingerprint density at radius 3 is 2.64 bits per heavy atom. The van der Waals surface area contributed by atoms with Gasteiger partial charge in [-0.05, 0) is 43.7 Å². The summed E-state index contributed by atoms with van der Waals surface area (Å²) >= 11 is 0. The van der Waals surface area contributed by atoms with Gasteiger partial charge in [0.05, 0.1) is 23.1 Å². The molecule has 28 heavy (non-hydrogen) atoms. The number of aromatic nitrogens is 1. The van der Waals surface area contributed by atoms with E-state index in [2.05, 4.69) is 57.9 Å². The molecule has 3 aliphatic rings. The highest BCUT2D eigenvalue weighted by Crippen LogP contribution is 2.39. The molecule has 5 rings (SSSR count). The van der Waals surface area contributed by atoms with E-state index in [9.17, 15) is 0 Å². The van der Waals surface area contributed by atoms with Gasteiger partial charge in [0.1, 0.15) is 0 Å². The predicted octanol–water partition coefficient (Wildman–Crippen LogP) is 3.22. The number of aliphatic imine (C=N–C) groups is 1. The van der Waals surface area contributed by atoms with Gasteiger partial charge in [-0.25, -0.2) is 0 Å². The number of nitrogens with zero attached hydrogens (tertiary/aromatic N) is 5. The van der Waals surface area contributed by atoms with Gasteiger partial charge < -0.3 is 9.80 Å². The van der Waals surface area contributed by atoms with Crippen molar-refractivity contribution in [3.05, 3.63) is 53.3 Å². The van der Waals surface area contributed by atoms with Gasteiger partial charge in [0.25, 0.3) is 0 Å². The van der Waals surface area contributed by atoms with Gasteiger partial charge in [-0.15, -0.1) is 0 Å². The summed E-state index contributed by atoms with van der Waals surface area (Å²) in [4.78, 5) is 17.2. The van der Waals surface area contributed by atoms with E-state index in [4.69, 9.17) is 4.99 Å². The monoisotopic (exact) mass is 375 g/mol. The number of anilines is 1. The summed E-state index contributed by atoms with van der Waals surface area (Å²) in [7, 11) is 2.20. The molecule has 0 saturated carbocycles. The van der Waals surface area contributed by atoms with E-state index in [1.807, 2.05) is 12.3 Å². The first kappa shape index (κ1) is 17.8. The fourth-order valence-electron chi connectivity index (χ4n) is 4.68. The van der Waals surface area contributed by atoms with E-state index in [0.717, 1.165) is 45.7 Å². The molecule has 4 heterocycles. The highest BCUT2D eigenvalue weighted by Gasteiger charge is 2.33. The Bertz CT molecular complexity index is 898. The zero-order chi connectivity index (χ0) is 19.1. The third-order valence-corrected chi connectivity index (χ3v) is 6.49. The number of aryl methyl sites for hydroxylation is 1. The average Bonchev–Trinajstić information content (AvgIpc) is 3.11. The largest absolute Gasteiger partial charge is 0.367 e. The first-order valence-corrected chi connectivity index (χ1v) is 10.5. The summed E-state index contributed by atoms with van der Waals surface area (Å²) in [5, 5.41) is 0. The van der Waals surface area contributed by atoms with Crippen LogP contribution >= 0.6 is 0 Å². The van der Waals surface area contributed by atoms with E-state index in [1.54, 1.807) is 0 Å². The quantitative estimate of drug-likeness (QED) is 0.822. The number of hydrogen-bond donors (Lipinski definition) is 0. The molecule has 1 aromatic heterocycles. The molecule has 1 unspecified atom stereocenters. The molecular weight excluding hydrogens is 346 g/mol. The highest BCUT2D eigenvalue weighted by molar-refractivity contribution is 5.98. The number of pyridine rings is 1. The van der Waals surface area contributed by atoms with Crippen LogP contribution in [0.25, 0.3) is 0 Å². The minimum atomic E-state index is 0.449. The van der Waals surface area contributed by atoms with Crippen molar-refractivity contribution in [2.45, 2.75) is 25.8 Å². The predicted molar refractivity (Wildman–Crippen MR) is 115 cm³/mol. The Kier molecular flexibility index (Phi) is 4.65. The minimum absolute atomic E-state index is 0.449. The Morgan fingerprint density at radius 2 is 1.89 bits per heavy atom. The summed E-state index contributed by atoms with van der Waals surface area (Å²) in [6.45, 7) is 8.69. The Labute approximate surface area is 167 Å². The van der Waals surface area contributed by atoms with Crippen molar-refractivity contribution in [1.82, 2.24) is 14.8 Å². The first-order valence-electron chi connectivity index (χ1n) is 10.5. The van der Waals surface area contributed by atoms with Crippen molar-refractivity contribution in [2.24, 2.45) is 4.99 Å². The van der Waals surface area contributed by atoms with Crippen molar-refractivity contribution in [3.8, 4) is 0 Å². The van der Waals surface area contributed by atoms with E-state index < -0.39 is 0 Å². The van der Waals surface area contributed by atoms with Crippen LogP contribution in [-0.4, -0.2) is 66.8 Å².